The molecule has 0 saturated heterocycles. The molecule has 0 saturated carbocycles. The third kappa shape index (κ3) is 8.49. The summed E-state index contributed by atoms with van der Waals surface area (Å²) in [5, 5.41) is 3.06. The van der Waals surface area contributed by atoms with Gasteiger partial charge in [0.15, 0.2) is 6.61 Å². The van der Waals surface area contributed by atoms with Gasteiger partial charge in [-0.05, 0) is 53.6 Å². The summed E-state index contributed by atoms with van der Waals surface area (Å²) >= 11 is 0. The van der Waals surface area contributed by atoms with E-state index in [1.807, 2.05) is 85.8 Å². The van der Waals surface area contributed by atoms with Gasteiger partial charge in [-0.2, -0.15) is 0 Å². The normalized spacial score (nSPS) is 11.7. The Labute approximate surface area is 221 Å². The molecule has 0 bridgehead atoms. The Morgan fingerprint density at radius 2 is 1.59 bits per heavy atom. The molecule has 5 heteroatoms. The summed E-state index contributed by atoms with van der Waals surface area (Å²) < 4.78 is 5.91. The van der Waals surface area contributed by atoms with Crippen molar-refractivity contribution in [1.82, 2.24) is 10.2 Å². The van der Waals surface area contributed by atoms with Gasteiger partial charge in [0, 0.05) is 19.5 Å². The van der Waals surface area contributed by atoms with Crippen LogP contribution in [0, 0.1) is 6.92 Å². The Hall–Kier alpha value is -3.60. The van der Waals surface area contributed by atoms with E-state index in [4.69, 9.17) is 4.74 Å². The van der Waals surface area contributed by atoms with Crippen molar-refractivity contribution in [2.24, 2.45) is 0 Å². The van der Waals surface area contributed by atoms with Gasteiger partial charge in [0.2, 0.25) is 5.91 Å². The lowest BCUT2D eigenvalue weighted by Gasteiger charge is -2.32. The predicted octanol–water partition coefficient (Wildman–Crippen LogP) is 6.05. The summed E-state index contributed by atoms with van der Waals surface area (Å²) in [5.41, 5.74) is 4.31. The maximum atomic E-state index is 13.7. The Kier molecular flexibility index (Phi) is 10.8. The molecule has 0 aromatic heterocycles. The molecule has 0 heterocycles. The molecule has 0 spiro atoms. The molecule has 3 aromatic carbocycles. The summed E-state index contributed by atoms with van der Waals surface area (Å²) in [4.78, 5) is 28.8. The van der Waals surface area contributed by atoms with Crippen molar-refractivity contribution < 1.29 is 14.3 Å². The number of ether oxygens (including phenoxy) is 1. The Morgan fingerprint density at radius 3 is 2.24 bits per heavy atom. The molecule has 0 fully saturated rings. The highest BCUT2D eigenvalue weighted by atomic mass is 16.5. The molecule has 1 N–H and O–H groups in total. The first-order chi connectivity index (χ1) is 17.9. The van der Waals surface area contributed by atoms with Crippen molar-refractivity contribution in [2.75, 3.05) is 13.2 Å². The molecule has 0 unspecified atom stereocenters. The lowest BCUT2D eigenvalue weighted by Crippen LogP contribution is -2.52. The first-order valence-corrected chi connectivity index (χ1v) is 13.3. The lowest BCUT2D eigenvalue weighted by atomic mass is 10.0. The fraction of sp³-hybridized carbons (Fsp3) is 0.375. The number of benzene rings is 3. The average molecular weight is 501 g/mol. The van der Waals surface area contributed by atoms with Crippen LogP contribution in [0.15, 0.2) is 78.9 Å². The van der Waals surface area contributed by atoms with E-state index in [0.717, 1.165) is 29.5 Å². The molecule has 37 heavy (non-hydrogen) atoms. The number of nitrogens with zero attached hydrogens (tertiary/aromatic N) is 1. The van der Waals surface area contributed by atoms with Crippen LogP contribution in [0.1, 0.15) is 61.8 Å². The first-order valence-electron chi connectivity index (χ1n) is 13.3. The van der Waals surface area contributed by atoms with E-state index in [0.29, 0.717) is 31.2 Å². The molecule has 0 aliphatic carbocycles. The maximum Gasteiger partial charge on any atom is 0.261 e. The fourth-order valence-electron chi connectivity index (χ4n) is 4.21. The van der Waals surface area contributed by atoms with Crippen molar-refractivity contribution in [3.05, 3.63) is 101 Å². The molecule has 0 aliphatic rings. The molecular weight excluding hydrogens is 460 g/mol. The standard InChI is InChI=1S/C32H40N2O3/c1-5-6-20-33-32(36)30(21-26-13-8-7-9-14-26)34(22-28-15-11-10-12-25(28)4)31(35)23-37-29-18-16-27(17-19-29)24(2)3/h7-19,24,30H,5-6,20-23H2,1-4H3,(H,33,36)/t30-/m1/s1. The monoisotopic (exact) mass is 500 g/mol. The zero-order valence-corrected chi connectivity index (χ0v) is 22.6. The highest BCUT2D eigenvalue weighted by molar-refractivity contribution is 5.88. The van der Waals surface area contributed by atoms with Gasteiger partial charge in [0.1, 0.15) is 11.8 Å². The Morgan fingerprint density at radius 1 is 0.919 bits per heavy atom. The van der Waals surface area contributed by atoms with Crippen LogP contribution in [-0.2, 0) is 22.6 Å². The van der Waals surface area contributed by atoms with Gasteiger partial charge >= 0.3 is 0 Å². The van der Waals surface area contributed by atoms with Gasteiger partial charge in [-0.25, -0.2) is 0 Å². The van der Waals surface area contributed by atoms with Crippen LogP contribution in [0.2, 0.25) is 0 Å². The third-order valence-corrected chi connectivity index (χ3v) is 6.61. The smallest absolute Gasteiger partial charge is 0.261 e. The highest BCUT2D eigenvalue weighted by Crippen LogP contribution is 2.20. The molecule has 2 amide bonds. The van der Waals surface area contributed by atoms with Crippen LogP contribution >= 0.6 is 0 Å². The number of carbonyl (C=O) groups is 2. The van der Waals surface area contributed by atoms with E-state index in [1.165, 1.54) is 5.56 Å². The van der Waals surface area contributed by atoms with Crippen molar-refractivity contribution in [3.63, 3.8) is 0 Å². The SMILES string of the molecule is CCCCNC(=O)[C@@H](Cc1ccccc1)N(Cc1ccccc1C)C(=O)COc1ccc(C(C)C)cc1. The zero-order valence-electron chi connectivity index (χ0n) is 22.6. The van der Waals surface area contributed by atoms with E-state index in [-0.39, 0.29) is 18.4 Å². The number of amides is 2. The highest BCUT2D eigenvalue weighted by Gasteiger charge is 2.30. The minimum absolute atomic E-state index is 0.138. The second-order valence-electron chi connectivity index (χ2n) is 9.81. The maximum absolute atomic E-state index is 13.7. The molecule has 3 aromatic rings. The van der Waals surface area contributed by atoms with Crippen molar-refractivity contribution >= 4 is 11.8 Å². The lowest BCUT2D eigenvalue weighted by molar-refractivity contribution is -0.142. The fourth-order valence-corrected chi connectivity index (χ4v) is 4.21. The van der Waals surface area contributed by atoms with Crippen LogP contribution in [0.25, 0.3) is 0 Å². The van der Waals surface area contributed by atoms with E-state index in [1.54, 1.807) is 4.90 Å². The molecule has 0 aliphatic heterocycles. The Balaban J connectivity index is 1.87. The molecule has 5 nitrogen and oxygen atoms in total. The van der Waals surface area contributed by atoms with Gasteiger partial charge in [-0.15, -0.1) is 0 Å². The summed E-state index contributed by atoms with van der Waals surface area (Å²) in [6, 6.07) is 25.0. The van der Waals surface area contributed by atoms with Crippen LogP contribution < -0.4 is 10.1 Å². The summed E-state index contributed by atoms with van der Waals surface area (Å²) in [6.45, 7) is 9.18. The first kappa shape index (κ1) is 28.0. The van der Waals surface area contributed by atoms with Gasteiger partial charge in [-0.1, -0.05) is 93.9 Å². The second kappa shape index (κ2) is 14.2. The predicted molar refractivity (Wildman–Crippen MR) is 150 cm³/mol. The summed E-state index contributed by atoms with van der Waals surface area (Å²) in [7, 11) is 0. The van der Waals surface area contributed by atoms with E-state index >= 15 is 0 Å². The van der Waals surface area contributed by atoms with E-state index < -0.39 is 6.04 Å². The molecule has 0 radical (unpaired) electrons. The average Bonchev–Trinajstić information content (AvgIpc) is 2.91. The largest absolute Gasteiger partial charge is 0.484 e. The van der Waals surface area contributed by atoms with Crippen LogP contribution in [0.4, 0.5) is 0 Å². The van der Waals surface area contributed by atoms with Crippen molar-refractivity contribution in [3.8, 4) is 5.75 Å². The number of hydrogen-bond acceptors (Lipinski definition) is 3. The van der Waals surface area contributed by atoms with Crippen molar-refractivity contribution in [1.29, 1.82) is 0 Å². The van der Waals surface area contributed by atoms with Gasteiger partial charge in [0.25, 0.3) is 5.91 Å². The molecule has 196 valence electrons. The van der Waals surface area contributed by atoms with Crippen LogP contribution in [0.5, 0.6) is 5.75 Å². The number of aryl methyl sites for hydroxylation is 1. The van der Waals surface area contributed by atoms with Crippen molar-refractivity contribution in [2.45, 2.75) is 65.5 Å². The van der Waals surface area contributed by atoms with Gasteiger partial charge < -0.3 is 15.0 Å². The van der Waals surface area contributed by atoms with E-state index in [9.17, 15) is 9.59 Å². The number of hydrogen-bond donors (Lipinski definition) is 1. The quantitative estimate of drug-likeness (QED) is 0.291. The number of nitrogens with one attached hydrogen (secondary N) is 1. The number of carbonyl (C=O) groups excluding carboxylic acids is 2. The minimum atomic E-state index is -0.654. The molecule has 3 rings (SSSR count). The Bertz CT molecular complexity index is 1130. The number of unbranched alkanes of at least 4 members (excludes halogenated alkanes) is 1. The molecule has 1 atom stereocenters. The topological polar surface area (TPSA) is 58.6 Å². The minimum Gasteiger partial charge on any atom is -0.484 e. The summed E-state index contributed by atoms with van der Waals surface area (Å²) in [5.74, 6) is 0.703. The van der Waals surface area contributed by atoms with Crippen LogP contribution in [0.3, 0.4) is 0 Å². The van der Waals surface area contributed by atoms with Gasteiger partial charge in [-0.3, -0.25) is 9.59 Å². The second-order valence-corrected chi connectivity index (χ2v) is 9.81. The zero-order chi connectivity index (χ0) is 26.6. The van der Waals surface area contributed by atoms with Gasteiger partial charge in [0.05, 0.1) is 0 Å². The molecular formula is C32H40N2O3. The number of rotatable bonds is 13. The third-order valence-electron chi connectivity index (χ3n) is 6.61. The van der Waals surface area contributed by atoms with Crippen LogP contribution in [-0.4, -0.2) is 35.9 Å². The summed E-state index contributed by atoms with van der Waals surface area (Å²) in [6.07, 6.45) is 2.31. The van der Waals surface area contributed by atoms with E-state index in [2.05, 4.69) is 26.1 Å².